The maximum atomic E-state index is 5.95. The normalized spacial score (nSPS) is 12.6. The molecule has 96 valence electrons. The van der Waals surface area contributed by atoms with Gasteiger partial charge in [0, 0.05) is 22.2 Å². The highest BCUT2D eigenvalue weighted by Gasteiger charge is 2.12. The predicted molar refractivity (Wildman–Crippen MR) is 83.9 cm³/mol. The van der Waals surface area contributed by atoms with Crippen molar-refractivity contribution in [3.63, 3.8) is 0 Å². The Bertz CT molecular complexity index is 496. The molecule has 0 saturated heterocycles. The summed E-state index contributed by atoms with van der Waals surface area (Å²) in [6, 6.07) is 11.9. The first-order valence-corrected chi connectivity index (χ1v) is 8.12. The van der Waals surface area contributed by atoms with E-state index in [0.717, 1.165) is 15.1 Å². The van der Waals surface area contributed by atoms with Crippen LogP contribution < -0.4 is 5.73 Å². The fourth-order valence-electron chi connectivity index (χ4n) is 1.55. The van der Waals surface area contributed by atoms with Crippen molar-refractivity contribution in [2.24, 2.45) is 5.73 Å². The fraction of sp³-hybridized carbons (Fsp3) is 0.231. The van der Waals surface area contributed by atoms with Crippen molar-refractivity contribution in [2.45, 2.75) is 11.0 Å². The highest BCUT2D eigenvalue weighted by atomic mass is 35.5. The molecule has 0 spiro atoms. The molecule has 1 nitrogen and oxygen atoms in total. The smallest absolute Gasteiger partial charge is 0.0931 e. The monoisotopic (exact) mass is 317 g/mol. The molecule has 1 unspecified atom stereocenters. The van der Waals surface area contributed by atoms with Gasteiger partial charge in [-0.2, -0.15) is 0 Å². The van der Waals surface area contributed by atoms with Gasteiger partial charge in [-0.15, -0.1) is 23.1 Å². The SMILES string of the molecule is NCC(SCc1ccc(Cl)cc1)c1ccc(Cl)s1. The Balaban J connectivity index is 1.97. The molecule has 0 aliphatic heterocycles. The molecule has 5 heteroatoms. The number of rotatable bonds is 5. The summed E-state index contributed by atoms with van der Waals surface area (Å²) in [5.74, 6) is 0.925. The van der Waals surface area contributed by atoms with Crippen LogP contribution in [0.3, 0.4) is 0 Å². The lowest BCUT2D eigenvalue weighted by Gasteiger charge is -2.12. The quantitative estimate of drug-likeness (QED) is 0.840. The highest BCUT2D eigenvalue weighted by molar-refractivity contribution is 7.98. The minimum Gasteiger partial charge on any atom is -0.329 e. The number of hydrogen-bond donors (Lipinski definition) is 1. The van der Waals surface area contributed by atoms with Crippen LogP contribution in [0.5, 0.6) is 0 Å². The summed E-state index contributed by atoms with van der Waals surface area (Å²) in [5.41, 5.74) is 7.08. The summed E-state index contributed by atoms with van der Waals surface area (Å²) >= 11 is 15.2. The van der Waals surface area contributed by atoms with Crippen LogP contribution in [0.2, 0.25) is 9.36 Å². The molecule has 0 aliphatic carbocycles. The lowest BCUT2D eigenvalue weighted by Crippen LogP contribution is -2.08. The van der Waals surface area contributed by atoms with Gasteiger partial charge in [0.2, 0.25) is 0 Å². The first-order chi connectivity index (χ1) is 8.69. The Kier molecular flexibility index (Phi) is 5.39. The molecule has 2 aromatic rings. The number of hydrogen-bond acceptors (Lipinski definition) is 3. The molecule has 0 bridgehead atoms. The van der Waals surface area contributed by atoms with Crippen LogP contribution in [0.15, 0.2) is 36.4 Å². The minimum absolute atomic E-state index is 0.304. The topological polar surface area (TPSA) is 26.0 Å². The Morgan fingerprint density at radius 3 is 2.39 bits per heavy atom. The van der Waals surface area contributed by atoms with Gasteiger partial charge in [0.1, 0.15) is 0 Å². The van der Waals surface area contributed by atoms with E-state index in [1.807, 2.05) is 42.1 Å². The molecular weight excluding hydrogens is 305 g/mol. The summed E-state index contributed by atoms with van der Waals surface area (Å²) in [6.07, 6.45) is 0. The van der Waals surface area contributed by atoms with Crippen molar-refractivity contribution in [1.29, 1.82) is 0 Å². The lowest BCUT2D eigenvalue weighted by molar-refractivity contribution is 0.960. The molecule has 0 saturated carbocycles. The molecule has 2 N–H and O–H groups in total. The zero-order valence-electron chi connectivity index (χ0n) is 9.61. The molecule has 0 amide bonds. The van der Waals surface area contributed by atoms with Gasteiger partial charge in [-0.1, -0.05) is 35.3 Å². The average Bonchev–Trinajstić information content (AvgIpc) is 2.79. The second kappa shape index (κ2) is 6.83. The third-order valence-corrected chi connectivity index (χ3v) is 5.58. The van der Waals surface area contributed by atoms with Gasteiger partial charge in [-0.3, -0.25) is 0 Å². The summed E-state index contributed by atoms with van der Waals surface area (Å²) in [4.78, 5) is 1.24. The minimum atomic E-state index is 0.304. The molecule has 2 rings (SSSR count). The van der Waals surface area contributed by atoms with Crippen molar-refractivity contribution in [3.8, 4) is 0 Å². The lowest BCUT2D eigenvalue weighted by atomic mass is 10.2. The predicted octanol–water partition coefficient (Wildman–Crippen LogP) is 4.99. The Morgan fingerprint density at radius 2 is 1.83 bits per heavy atom. The molecule has 1 aromatic heterocycles. The third-order valence-electron chi connectivity index (χ3n) is 2.49. The molecule has 1 heterocycles. The van der Waals surface area contributed by atoms with Gasteiger partial charge in [0.15, 0.2) is 0 Å². The molecule has 0 aliphatic rings. The van der Waals surface area contributed by atoms with E-state index in [4.69, 9.17) is 28.9 Å². The van der Waals surface area contributed by atoms with Crippen molar-refractivity contribution < 1.29 is 0 Å². The van der Waals surface area contributed by atoms with Crippen molar-refractivity contribution >= 4 is 46.3 Å². The Labute approximate surface area is 125 Å². The second-order valence-corrected chi connectivity index (χ2v) is 7.18. The number of benzene rings is 1. The van der Waals surface area contributed by atoms with Crippen LogP contribution in [0.25, 0.3) is 0 Å². The maximum Gasteiger partial charge on any atom is 0.0931 e. The largest absolute Gasteiger partial charge is 0.329 e. The summed E-state index contributed by atoms with van der Waals surface area (Å²) in [6.45, 7) is 0.620. The average molecular weight is 318 g/mol. The zero-order valence-corrected chi connectivity index (χ0v) is 12.8. The van der Waals surface area contributed by atoms with E-state index in [1.165, 1.54) is 10.4 Å². The molecule has 1 aromatic carbocycles. The van der Waals surface area contributed by atoms with Crippen LogP contribution >= 0.6 is 46.3 Å². The van der Waals surface area contributed by atoms with Gasteiger partial charge in [0.25, 0.3) is 0 Å². The van der Waals surface area contributed by atoms with Crippen LogP contribution in [-0.4, -0.2) is 6.54 Å². The van der Waals surface area contributed by atoms with E-state index in [1.54, 1.807) is 11.3 Å². The van der Waals surface area contributed by atoms with Crippen molar-refractivity contribution in [2.75, 3.05) is 6.54 Å². The van der Waals surface area contributed by atoms with Crippen LogP contribution in [-0.2, 0) is 5.75 Å². The first kappa shape index (κ1) is 14.2. The van der Waals surface area contributed by atoms with E-state index >= 15 is 0 Å². The fourth-order valence-corrected chi connectivity index (χ4v) is 4.04. The summed E-state index contributed by atoms with van der Waals surface area (Å²) in [5, 5.41) is 1.07. The van der Waals surface area contributed by atoms with E-state index in [9.17, 15) is 0 Å². The van der Waals surface area contributed by atoms with Crippen LogP contribution in [0.1, 0.15) is 15.7 Å². The first-order valence-electron chi connectivity index (χ1n) is 5.50. The molecule has 18 heavy (non-hydrogen) atoms. The van der Waals surface area contributed by atoms with Gasteiger partial charge < -0.3 is 5.73 Å². The van der Waals surface area contributed by atoms with Gasteiger partial charge in [0.05, 0.1) is 9.59 Å². The number of thioether (sulfide) groups is 1. The van der Waals surface area contributed by atoms with Crippen LogP contribution in [0, 0.1) is 0 Å². The Morgan fingerprint density at radius 1 is 1.11 bits per heavy atom. The van der Waals surface area contributed by atoms with Gasteiger partial charge in [-0.05, 0) is 29.8 Å². The van der Waals surface area contributed by atoms with E-state index < -0.39 is 0 Å². The number of thiophene rings is 1. The van der Waals surface area contributed by atoms with Gasteiger partial charge >= 0.3 is 0 Å². The maximum absolute atomic E-state index is 5.95. The van der Waals surface area contributed by atoms with Gasteiger partial charge in [-0.25, -0.2) is 0 Å². The molecular formula is C13H13Cl2NS2. The van der Waals surface area contributed by atoms with Crippen molar-refractivity contribution in [3.05, 3.63) is 56.2 Å². The highest BCUT2D eigenvalue weighted by Crippen LogP contribution is 2.36. The Hall–Kier alpha value is -0.190. The van der Waals surface area contributed by atoms with E-state index in [0.29, 0.717) is 11.8 Å². The van der Waals surface area contributed by atoms with Crippen LogP contribution in [0.4, 0.5) is 0 Å². The van der Waals surface area contributed by atoms with E-state index in [-0.39, 0.29) is 0 Å². The third kappa shape index (κ3) is 3.90. The summed E-state index contributed by atoms with van der Waals surface area (Å²) < 4.78 is 0.815. The van der Waals surface area contributed by atoms with Crippen molar-refractivity contribution in [1.82, 2.24) is 0 Å². The molecule has 0 radical (unpaired) electrons. The second-order valence-electron chi connectivity index (χ2n) is 3.80. The molecule has 1 atom stereocenters. The summed E-state index contributed by atoms with van der Waals surface area (Å²) in [7, 11) is 0. The zero-order chi connectivity index (χ0) is 13.0. The standard InChI is InChI=1S/C13H13Cl2NS2/c14-10-3-1-9(2-4-10)8-17-12(7-16)11-5-6-13(15)18-11/h1-6,12H,7-8,16H2. The molecule has 0 fully saturated rings. The van der Waals surface area contributed by atoms with E-state index in [2.05, 4.69) is 6.07 Å². The number of halogens is 2. The number of nitrogens with two attached hydrogens (primary N) is 1.